The number of rotatable bonds is 5. The van der Waals surface area contributed by atoms with Gasteiger partial charge in [0.15, 0.2) is 5.16 Å². The number of methoxy groups -OCH3 is 1. The van der Waals surface area contributed by atoms with Gasteiger partial charge in [-0.25, -0.2) is 4.98 Å². The van der Waals surface area contributed by atoms with Crippen LogP contribution in [-0.4, -0.2) is 34.0 Å². The van der Waals surface area contributed by atoms with Crippen molar-refractivity contribution in [3.63, 3.8) is 0 Å². The molecule has 1 aromatic heterocycles. The normalized spacial score (nSPS) is 12.9. The summed E-state index contributed by atoms with van der Waals surface area (Å²) in [5.41, 5.74) is 1.87. The van der Waals surface area contributed by atoms with Crippen LogP contribution >= 0.6 is 11.8 Å². The lowest BCUT2D eigenvalue weighted by Crippen LogP contribution is -2.07. The smallest absolute Gasteiger partial charge is 0.166 e. The molecular weight excluding hydrogens is 236 g/mol. The zero-order chi connectivity index (χ0) is 12.3. The average Bonchev–Trinajstić information content (AvgIpc) is 2.77. The van der Waals surface area contributed by atoms with E-state index in [1.807, 2.05) is 25.1 Å². The number of ether oxygens (including phenoxy) is 1. The molecule has 0 spiro atoms. The van der Waals surface area contributed by atoms with Crippen molar-refractivity contribution in [3.8, 4) is 5.75 Å². The van der Waals surface area contributed by atoms with Crippen LogP contribution in [-0.2, 0) is 0 Å². The number of nitrogens with zero attached hydrogens (tertiary/aromatic N) is 1. The van der Waals surface area contributed by atoms with Crippen molar-refractivity contribution in [2.75, 3.05) is 12.9 Å². The number of benzene rings is 1. The van der Waals surface area contributed by atoms with Crippen molar-refractivity contribution in [2.24, 2.45) is 0 Å². The van der Waals surface area contributed by atoms with E-state index in [0.29, 0.717) is 5.75 Å². The second kappa shape index (κ2) is 5.42. The van der Waals surface area contributed by atoms with E-state index in [2.05, 4.69) is 9.97 Å². The molecule has 5 heteroatoms. The number of hydrogen-bond acceptors (Lipinski definition) is 4. The lowest BCUT2D eigenvalue weighted by Gasteiger charge is -2.03. The Morgan fingerprint density at radius 3 is 3.06 bits per heavy atom. The summed E-state index contributed by atoms with van der Waals surface area (Å²) in [6.45, 7) is 1.97. The molecule has 0 fully saturated rings. The molecule has 0 amide bonds. The first-order valence-corrected chi connectivity index (χ1v) is 6.56. The molecule has 2 N–H and O–H groups in total. The molecule has 0 aliphatic carbocycles. The number of nitrogens with one attached hydrogen (secondary N) is 1. The Morgan fingerprint density at radius 1 is 1.53 bits per heavy atom. The van der Waals surface area contributed by atoms with Gasteiger partial charge in [0.25, 0.3) is 0 Å². The van der Waals surface area contributed by atoms with E-state index in [0.717, 1.165) is 28.4 Å². The highest BCUT2D eigenvalue weighted by atomic mass is 32.2. The minimum Gasteiger partial charge on any atom is -0.497 e. The summed E-state index contributed by atoms with van der Waals surface area (Å²) in [4.78, 5) is 7.65. The molecule has 1 unspecified atom stereocenters. The largest absolute Gasteiger partial charge is 0.497 e. The van der Waals surface area contributed by atoms with Gasteiger partial charge >= 0.3 is 0 Å². The molecule has 1 aromatic carbocycles. The van der Waals surface area contributed by atoms with Crippen LogP contribution in [0.1, 0.15) is 13.3 Å². The van der Waals surface area contributed by atoms with E-state index in [4.69, 9.17) is 4.74 Å². The molecule has 1 atom stereocenters. The lowest BCUT2D eigenvalue weighted by molar-refractivity contribution is 0.195. The van der Waals surface area contributed by atoms with Crippen LogP contribution in [0.2, 0.25) is 0 Å². The van der Waals surface area contributed by atoms with E-state index in [1.54, 1.807) is 7.11 Å². The lowest BCUT2D eigenvalue weighted by atomic mass is 10.3. The Balaban J connectivity index is 2.14. The molecule has 2 rings (SSSR count). The van der Waals surface area contributed by atoms with Crippen LogP contribution in [0.5, 0.6) is 5.75 Å². The molecule has 17 heavy (non-hydrogen) atoms. The Bertz CT molecular complexity index is 498. The predicted octanol–water partition coefficient (Wildman–Crippen LogP) is 2.43. The van der Waals surface area contributed by atoms with Crippen molar-refractivity contribution in [1.29, 1.82) is 0 Å². The van der Waals surface area contributed by atoms with Crippen LogP contribution in [0.15, 0.2) is 23.4 Å². The van der Waals surface area contributed by atoms with Crippen molar-refractivity contribution >= 4 is 22.8 Å². The van der Waals surface area contributed by atoms with E-state index in [1.165, 1.54) is 11.8 Å². The van der Waals surface area contributed by atoms with Crippen LogP contribution in [0.25, 0.3) is 11.0 Å². The summed E-state index contributed by atoms with van der Waals surface area (Å²) >= 11 is 1.53. The fraction of sp³-hybridized carbons (Fsp3) is 0.417. The molecule has 4 nitrogen and oxygen atoms in total. The third kappa shape index (κ3) is 2.92. The summed E-state index contributed by atoms with van der Waals surface area (Å²) in [5.74, 6) is 1.47. The monoisotopic (exact) mass is 252 g/mol. The van der Waals surface area contributed by atoms with E-state index in [-0.39, 0.29) is 6.10 Å². The summed E-state index contributed by atoms with van der Waals surface area (Å²) in [6.07, 6.45) is 0.490. The van der Waals surface area contributed by atoms with Gasteiger partial charge < -0.3 is 14.8 Å². The topological polar surface area (TPSA) is 58.1 Å². The summed E-state index contributed by atoms with van der Waals surface area (Å²) in [6, 6.07) is 5.73. The molecule has 92 valence electrons. The Kier molecular flexibility index (Phi) is 3.91. The SMILES string of the molecule is CCC(O)CSc1nc2ccc(OC)cc2[nH]1. The van der Waals surface area contributed by atoms with Crippen molar-refractivity contribution in [2.45, 2.75) is 24.6 Å². The highest BCUT2D eigenvalue weighted by molar-refractivity contribution is 7.99. The molecule has 0 aliphatic heterocycles. The number of H-pyrrole nitrogens is 1. The van der Waals surface area contributed by atoms with Gasteiger partial charge in [0.05, 0.1) is 24.2 Å². The minimum atomic E-state index is -0.275. The summed E-state index contributed by atoms with van der Waals surface area (Å²) < 4.78 is 5.15. The second-order valence-corrected chi connectivity index (χ2v) is 4.81. The number of hydrogen-bond donors (Lipinski definition) is 2. The highest BCUT2D eigenvalue weighted by Crippen LogP contribution is 2.23. The van der Waals surface area contributed by atoms with E-state index >= 15 is 0 Å². The van der Waals surface area contributed by atoms with Crippen molar-refractivity contribution in [3.05, 3.63) is 18.2 Å². The number of aliphatic hydroxyl groups is 1. The molecular formula is C12H16N2O2S. The number of aliphatic hydroxyl groups excluding tert-OH is 1. The van der Waals surface area contributed by atoms with Crippen LogP contribution in [0.4, 0.5) is 0 Å². The van der Waals surface area contributed by atoms with Gasteiger partial charge in [0.1, 0.15) is 5.75 Å². The Labute approximate surface area is 104 Å². The van der Waals surface area contributed by atoms with Gasteiger partial charge in [-0.3, -0.25) is 0 Å². The zero-order valence-corrected chi connectivity index (χ0v) is 10.8. The molecule has 0 bridgehead atoms. The zero-order valence-electron chi connectivity index (χ0n) is 9.93. The van der Waals surface area contributed by atoms with Crippen LogP contribution in [0.3, 0.4) is 0 Å². The Morgan fingerprint density at radius 2 is 2.35 bits per heavy atom. The first-order chi connectivity index (χ1) is 8.22. The van der Waals surface area contributed by atoms with Crippen LogP contribution in [0, 0.1) is 0 Å². The average molecular weight is 252 g/mol. The molecule has 1 heterocycles. The first-order valence-electron chi connectivity index (χ1n) is 5.57. The predicted molar refractivity (Wildman–Crippen MR) is 69.7 cm³/mol. The fourth-order valence-corrected chi connectivity index (χ4v) is 2.38. The molecule has 0 saturated carbocycles. The van der Waals surface area contributed by atoms with Crippen molar-refractivity contribution in [1.82, 2.24) is 9.97 Å². The molecule has 0 saturated heterocycles. The van der Waals surface area contributed by atoms with Gasteiger partial charge in [0.2, 0.25) is 0 Å². The minimum absolute atomic E-state index is 0.275. The highest BCUT2D eigenvalue weighted by Gasteiger charge is 2.07. The molecule has 0 radical (unpaired) electrons. The number of thioether (sulfide) groups is 1. The number of fused-ring (bicyclic) bond motifs is 1. The third-order valence-electron chi connectivity index (χ3n) is 2.55. The number of aromatic amines is 1. The van der Waals surface area contributed by atoms with E-state index < -0.39 is 0 Å². The third-order valence-corrected chi connectivity index (χ3v) is 3.57. The molecule has 0 aliphatic rings. The maximum Gasteiger partial charge on any atom is 0.166 e. The van der Waals surface area contributed by atoms with Gasteiger partial charge in [-0.15, -0.1) is 0 Å². The summed E-state index contributed by atoms with van der Waals surface area (Å²) in [7, 11) is 1.64. The standard InChI is InChI=1S/C12H16N2O2S/c1-3-8(15)7-17-12-13-10-5-4-9(16-2)6-11(10)14-12/h4-6,8,15H,3,7H2,1-2H3,(H,13,14). The molecule has 2 aromatic rings. The quantitative estimate of drug-likeness (QED) is 0.802. The van der Waals surface area contributed by atoms with Crippen molar-refractivity contribution < 1.29 is 9.84 Å². The maximum atomic E-state index is 9.49. The fourth-order valence-electron chi connectivity index (χ4n) is 1.45. The number of aromatic nitrogens is 2. The van der Waals surface area contributed by atoms with Gasteiger partial charge in [0, 0.05) is 11.8 Å². The van der Waals surface area contributed by atoms with Gasteiger partial charge in [-0.2, -0.15) is 0 Å². The van der Waals surface area contributed by atoms with Gasteiger partial charge in [-0.1, -0.05) is 18.7 Å². The second-order valence-electron chi connectivity index (χ2n) is 3.80. The Hall–Kier alpha value is -1.20. The van der Waals surface area contributed by atoms with Gasteiger partial charge in [-0.05, 0) is 18.6 Å². The first kappa shape index (κ1) is 12.3. The summed E-state index contributed by atoms with van der Waals surface area (Å²) in [5, 5.41) is 10.3. The van der Waals surface area contributed by atoms with Crippen LogP contribution < -0.4 is 4.74 Å². The number of imidazole rings is 1. The van der Waals surface area contributed by atoms with E-state index in [9.17, 15) is 5.11 Å². The maximum absolute atomic E-state index is 9.49.